The highest BCUT2D eigenvalue weighted by Crippen LogP contribution is 2.26. The molecule has 0 unspecified atom stereocenters. The van der Waals surface area contributed by atoms with Crippen LogP contribution in [0.25, 0.3) is 5.82 Å². The van der Waals surface area contributed by atoms with Crippen molar-refractivity contribution in [2.75, 3.05) is 5.43 Å². The Morgan fingerprint density at radius 3 is 2.68 bits per heavy atom. The molecule has 0 aliphatic heterocycles. The SMILES string of the molecule is Cc1nn(-c2nc(NN)ncc2[N+](=O)[O-])c(C)c1Br. The van der Waals surface area contributed by atoms with E-state index in [-0.39, 0.29) is 17.5 Å². The molecule has 0 fully saturated rings. The zero-order valence-corrected chi connectivity index (χ0v) is 11.7. The number of nitrogens with zero attached hydrogens (tertiary/aromatic N) is 5. The first-order valence-corrected chi connectivity index (χ1v) is 5.95. The first-order chi connectivity index (χ1) is 8.95. The Hall–Kier alpha value is -2.07. The predicted octanol–water partition coefficient (Wildman–Crippen LogP) is 1.24. The highest BCUT2D eigenvalue weighted by Gasteiger charge is 2.22. The fourth-order valence-electron chi connectivity index (χ4n) is 1.55. The Morgan fingerprint density at radius 2 is 2.21 bits per heavy atom. The number of rotatable bonds is 3. The predicted molar refractivity (Wildman–Crippen MR) is 70.8 cm³/mol. The van der Waals surface area contributed by atoms with Gasteiger partial charge in [0, 0.05) is 0 Å². The van der Waals surface area contributed by atoms with Crippen LogP contribution in [-0.2, 0) is 0 Å². The van der Waals surface area contributed by atoms with E-state index in [4.69, 9.17) is 5.84 Å². The minimum absolute atomic E-state index is 0.0549. The molecule has 9 nitrogen and oxygen atoms in total. The Kier molecular flexibility index (Phi) is 3.44. The first kappa shape index (κ1) is 13.4. The van der Waals surface area contributed by atoms with Gasteiger partial charge in [0.15, 0.2) is 0 Å². The summed E-state index contributed by atoms with van der Waals surface area (Å²) < 4.78 is 2.14. The number of nitro groups is 1. The summed E-state index contributed by atoms with van der Waals surface area (Å²) in [5.41, 5.74) is 3.39. The summed E-state index contributed by atoms with van der Waals surface area (Å²) in [5, 5.41) is 15.2. The molecule has 0 bridgehead atoms. The van der Waals surface area contributed by atoms with Crippen molar-refractivity contribution in [3.05, 3.63) is 32.2 Å². The van der Waals surface area contributed by atoms with Crippen LogP contribution in [0.5, 0.6) is 0 Å². The van der Waals surface area contributed by atoms with E-state index in [1.54, 1.807) is 13.8 Å². The number of anilines is 1. The second-order valence-corrected chi connectivity index (χ2v) is 4.49. The zero-order chi connectivity index (χ0) is 14.2. The van der Waals surface area contributed by atoms with E-state index in [0.717, 1.165) is 10.7 Å². The van der Waals surface area contributed by atoms with Gasteiger partial charge in [0.1, 0.15) is 6.20 Å². The van der Waals surface area contributed by atoms with Crippen LogP contribution in [0.4, 0.5) is 11.6 Å². The van der Waals surface area contributed by atoms with Gasteiger partial charge in [0.05, 0.1) is 20.8 Å². The molecule has 0 aliphatic carbocycles. The van der Waals surface area contributed by atoms with Crippen LogP contribution in [0, 0.1) is 24.0 Å². The molecule has 3 N–H and O–H groups in total. The zero-order valence-electron chi connectivity index (χ0n) is 10.1. The molecule has 0 saturated carbocycles. The number of hydrogen-bond donors (Lipinski definition) is 2. The number of aryl methyl sites for hydroxylation is 1. The number of hydrazine groups is 1. The summed E-state index contributed by atoms with van der Waals surface area (Å²) >= 11 is 3.36. The van der Waals surface area contributed by atoms with E-state index in [0.29, 0.717) is 11.4 Å². The van der Waals surface area contributed by atoms with Crippen LogP contribution in [0.15, 0.2) is 10.7 Å². The average molecular weight is 328 g/mol. The number of nitrogens with two attached hydrogens (primary N) is 1. The van der Waals surface area contributed by atoms with Gasteiger partial charge in [-0.15, -0.1) is 0 Å². The second-order valence-electron chi connectivity index (χ2n) is 3.70. The number of hydrogen-bond acceptors (Lipinski definition) is 7. The summed E-state index contributed by atoms with van der Waals surface area (Å²) in [6.45, 7) is 3.55. The Morgan fingerprint density at radius 1 is 1.53 bits per heavy atom. The van der Waals surface area contributed by atoms with Crippen LogP contribution in [0.3, 0.4) is 0 Å². The van der Waals surface area contributed by atoms with E-state index in [1.165, 1.54) is 4.68 Å². The third kappa shape index (κ3) is 2.27. The van der Waals surface area contributed by atoms with Crippen molar-refractivity contribution in [2.24, 2.45) is 5.84 Å². The van der Waals surface area contributed by atoms with E-state index >= 15 is 0 Å². The molecule has 10 heteroatoms. The number of halogens is 1. The summed E-state index contributed by atoms with van der Waals surface area (Å²) in [4.78, 5) is 18.2. The summed E-state index contributed by atoms with van der Waals surface area (Å²) in [6, 6.07) is 0. The fourth-order valence-corrected chi connectivity index (χ4v) is 1.80. The number of aromatic nitrogens is 4. The normalized spacial score (nSPS) is 10.5. The Labute approximate surface area is 116 Å². The van der Waals surface area contributed by atoms with Gasteiger partial charge in [-0.3, -0.25) is 15.5 Å². The molecule has 0 saturated heterocycles. The third-order valence-electron chi connectivity index (χ3n) is 2.48. The van der Waals surface area contributed by atoms with Crippen molar-refractivity contribution in [3.8, 4) is 5.82 Å². The second kappa shape index (κ2) is 4.90. The molecule has 2 aromatic rings. The van der Waals surface area contributed by atoms with E-state index in [2.05, 4.69) is 36.4 Å². The standard InChI is InChI=1S/C9H10BrN7O2/c1-4-7(10)5(2)16(15-4)8-6(17(18)19)3-12-9(13-8)14-11/h3H,11H2,1-2H3,(H,12,13,14). The van der Waals surface area contributed by atoms with E-state index in [9.17, 15) is 10.1 Å². The lowest BCUT2D eigenvalue weighted by atomic mass is 10.4. The Bertz CT molecular complexity index is 654. The van der Waals surface area contributed by atoms with Gasteiger partial charge in [0.2, 0.25) is 11.8 Å². The van der Waals surface area contributed by atoms with Crippen LogP contribution >= 0.6 is 15.9 Å². The third-order valence-corrected chi connectivity index (χ3v) is 3.63. The topological polar surface area (TPSA) is 125 Å². The van der Waals surface area contributed by atoms with Crippen molar-refractivity contribution in [1.82, 2.24) is 19.7 Å². The smallest absolute Gasteiger partial charge is 0.292 e. The molecule has 0 amide bonds. The molecule has 2 aromatic heterocycles. The quantitative estimate of drug-likeness (QED) is 0.493. The lowest BCUT2D eigenvalue weighted by molar-refractivity contribution is -0.385. The highest BCUT2D eigenvalue weighted by molar-refractivity contribution is 9.10. The van der Waals surface area contributed by atoms with Gasteiger partial charge in [-0.1, -0.05) is 0 Å². The van der Waals surface area contributed by atoms with Crippen molar-refractivity contribution in [1.29, 1.82) is 0 Å². The summed E-state index contributed by atoms with van der Waals surface area (Å²) in [6.07, 6.45) is 1.09. The van der Waals surface area contributed by atoms with Crippen LogP contribution < -0.4 is 11.3 Å². The number of nitrogen functional groups attached to an aromatic ring is 1. The van der Waals surface area contributed by atoms with Crippen LogP contribution in [0.2, 0.25) is 0 Å². The molecule has 0 spiro atoms. The maximum Gasteiger partial charge on any atom is 0.332 e. The maximum atomic E-state index is 11.0. The lowest BCUT2D eigenvalue weighted by Crippen LogP contribution is -2.14. The van der Waals surface area contributed by atoms with Crippen molar-refractivity contribution in [2.45, 2.75) is 13.8 Å². The van der Waals surface area contributed by atoms with Gasteiger partial charge in [-0.25, -0.2) is 15.5 Å². The minimum Gasteiger partial charge on any atom is -0.292 e. The average Bonchev–Trinajstić information content (AvgIpc) is 2.65. The monoisotopic (exact) mass is 327 g/mol. The molecule has 0 aromatic carbocycles. The van der Waals surface area contributed by atoms with Crippen LogP contribution in [0.1, 0.15) is 11.4 Å². The van der Waals surface area contributed by atoms with E-state index in [1.807, 2.05) is 0 Å². The van der Waals surface area contributed by atoms with Crippen molar-refractivity contribution >= 4 is 27.6 Å². The van der Waals surface area contributed by atoms with Gasteiger partial charge in [0.25, 0.3) is 0 Å². The molecule has 0 radical (unpaired) electrons. The highest BCUT2D eigenvalue weighted by atomic mass is 79.9. The Balaban J connectivity index is 2.71. The van der Waals surface area contributed by atoms with Gasteiger partial charge in [-0.05, 0) is 29.8 Å². The molecule has 2 rings (SSSR count). The molecular weight excluding hydrogens is 318 g/mol. The largest absolute Gasteiger partial charge is 0.332 e. The minimum atomic E-state index is -0.569. The molecular formula is C9H10BrN7O2. The lowest BCUT2D eigenvalue weighted by Gasteiger charge is -2.05. The molecule has 100 valence electrons. The molecule has 2 heterocycles. The summed E-state index contributed by atoms with van der Waals surface area (Å²) in [7, 11) is 0. The number of nitrogens with one attached hydrogen (secondary N) is 1. The molecule has 19 heavy (non-hydrogen) atoms. The van der Waals surface area contributed by atoms with Gasteiger partial charge in [-0.2, -0.15) is 10.1 Å². The summed E-state index contributed by atoms with van der Waals surface area (Å²) in [5.74, 6) is 5.34. The molecule has 0 atom stereocenters. The van der Waals surface area contributed by atoms with Crippen molar-refractivity contribution in [3.63, 3.8) is 0 Å². The van der Waals surface area contributed by atoms with E-state index < -0.39 is 4.92 Å². The van der Waals surface area contributed by atoms with Gasteiger partial charge >= 0.3 is 5.69 Å². The fraction of sp³-hybridized carbons (Fsp3) is 0.222. The first-order valence-electron chi connectivity index (χ1n) is 5.15. The van der Waals surface area contributed by atoms with Crippen LogP contribution in [-0.4, -0.2) is 24.7 Å². The maximum absolute atomic E-state index is 11.0. The van der Waals surface area contributed by atoms with Crippen molar-refractivity contribution < 1.29 is 4.92 Å². The molecule has 0 aliphatic rings. The van der Waals surface area contributed by atoms with Gasteiger partial charge < -0.3 is 0 Å².